The molecule has 0 bridgehead atoms. The predicted molar refractivity (Wildman–Crippen MR) is 70.8 cm³/mol. The molecule has 0 unspecified atom stereocenters. The normalized spacial score (nSPS) is 19.4. The molecule has 5 heteroatoms. The molecule has 0 aliphatic heterocycles. The van der Waals surface area contributed by atoms with Crippen LogP contribution in [-0.2, 0) is 0 Å². The van der Waals surface area contributed by atoms with Crippen molar-refractivity contribution < 1.29 is 0 Å². The maximum Gasteiger partial charge on any atom is 0.144 e. The van der Waals surface area contributed by atoms with E-state index >= 15 is 0 Å². The molecule has 17 heavy (non-hydrogen) atoms. The number of anilines is 1. The zero-order valence-corrected chi connectivity index (χ0v) is 10.4. The molecular formula is C12H16N4S. The van der Waals surface area contributed by atoms with E-state index in [1.54, 1.807) is 12.4 Å². The minimum Gasteiger partial charge on any atom is -0.388 e. The summed E-state index contributed by atoms with van der Waals surface area (Å²) in [6, 6.07) is 0.597. The average molecular weight is 248 g/mol. The molecule has 3 rings (SSSR count). The van der Waals surface area contributed by atoms with E-state index < -0.39 is 0 Å². The molecule has 2 fully saturated rings. The first kappa shape index (κ1) is 10.9. The summed E-state index contributed by atoms with van der Waals surface area (Å²) < 4.78 is 0. The third kappa shape index (κ3) is 2.54. The van der Waals surface area contributed by atoms with Gasteiger partial charge in [-0.15, -0.1) is 0 Å². The topological polar surface area (TPSA) is 63.8 Å². The van der Waals surface area contributed by atoms with Crippen LogP contribution in [0, 0.1) is 11.8 Å². The summed E-state index contributed by atoms with van der Waals surface area (Å²) in [5.41, 5.74) is 6.07. The van der Waals surface area contributed by atoms with Crippen molar-refractivity contribution in [3.8, 4) is 0 Å². The van der Waals surface area contributed by atoms with Crippen LogP contribution in [-0.4, -0.2) is 21.0 Å². The molecule has 1 heterocycles. The zero-order valence-electron chi connectivity index (χ0n) is 9.60. The Balaban J connectivity index is 1.68. The number of hydrogen-bond acceptors (Lipinski definition) is 4. The van der Waals surface area contributed by atoms with Crippen LogP contribution >= 0.6 is 12.2 Å². The molecule has 0 aromatic carbocycles. The number of nitrogens with two attached hydrogens (primary N) is 1. The summed E-state index contributed by atoms with van der Waals surface area (Å²) >= 11 is 4.85. The van der Waals surface area contributed by atoms with Gasteiger partial charge in [-0.05, 0) is 37.5 Å². The third-order valence-electron chi connectivity index (χ3n) is 3.48. The first-order valence-electron chi connectivity index (χ1n) is 6.12. The van der Waals surface area contributed by atoms with Gasteiger partial charge in [-0.2, -0.15) is 0 Å². The van der Waals surface area contributed by atoms with Gasteiger partial charge in [0.25, 0.3) is 0 Å². The Kier molecular flexibility index (Phi) is 2.70. The van der Waals surface area contributed by atoms with Gasteiger partial charge in [0.05, 0.1) is 12.4 Å². The highest BCUT2D eigenvalue weighted by molar-refractivity contribution is 7.80. The highest BCUT2D eigenvalue weighted by Crippen LogP contribution is 2.45. The van der Waals surface area contributed by atoms with E-state index in [-0.39, 0.29) is 0 Å². The molecule has 1 aromatic rings. The van der Waals surface area contributed by atoms with Gasteiger partial charge in [0, 0.05) is 6.04 Å². The van der Waals surface area contributed by atoms with E-state index in [0.717, 1.165) is 17.7 Å². The molecule has 2 aliphatic rings. The Morgan fingerprint density at radius 2 is 1.88 bits per heavy atom. The van der Waals surface area contributed by atoms with Crippen molar-refractivity contribution in [2.24, 2.45) is 17.6 Å². The Bertz CT molecular complexity index is 411. The van der Waals surface area contributed by atoms with Crippen LogP contribution in [0.4, 0.5) is 5.82 Å². The van der Waals surface area contributed by atoms with Gasteiger partial charge in [-0.25, -0.2) is 9.97 Å². The van der Waals surface area contributed by atoms with Crippen LogP contribution in [0.15, 0.2) is 12.4 Å². The molecule has 3 N–H and O–H groups in total. The van der Waals surface area contributed by atoms with Gasteiger partial charge < -0.3 is 11.1 Å². The number of rotatable bonds is 5. The maximum absolute atomic E-state index is 5.49. The molecule has 1 aromatic heterocycles. The van der Waals surface area contributed by atoms with Gasteiger partial charge >= 0.3 is 0 Å². The maximum atomic E-state index is 5.49. The van der Waals surface area contributed by atoms with E-state index in [1.165, 1.54) is 25.7 Å². The summed E-state index contributed by atoms with van der Waals surface area (Å²) in [4.78, 5) is 8.81. The second-order valence-corrected chi connectivity index (χ2v) is 5.44. The quantitative estimate of drug-likeness (QED) is 0.777. The van der Waals surface area contributed by atoms with Crippen molar-refractivity contribution in [2.75, 3.05) is 5.32 Å². The van der Waals surface area contributed by atoms with Crippen LogP contribution in [0.1, 0.15) is 31.4 Å². The Hall–Kier alpha value is -1.23. The molecule has 0 spiro atoms. The standard InChI is InChI=1S/C12H16N4S/c13-12(17)9-5-15-10(6-14-9)16-11(7-1-2-7)8-3-4-8/h5-8,11H,1-4H2,(H2,13,17)(H,15,16). The molecule has 4 nitrogen and oxygen atoms in total. The van der Waals surface area contributed by atoms with Crippen LogP contribution in [0.5, 0.6) is 0 Å². The number of nitrogens with one attached hydrogen (secondary N) is 1. The Morgan fingerprint density at radius 1 is 1.24 bits per heavy atom. The second kappa shape index (κ2) is 4.22. The Morgan fingerprint density at radius 3 is 2.29 bits per heavy atom. The summed E-state index contributed by atoms with van der Waals surface area (Å²) in [6.07, 6.45) is 8.78. The van der Waals surface area contributed by atoms with Crippen LogP contribution in [0.3, 0.4) is 0 Å². The molecule has 0 radical (unpaired) electrons. The molecule has 0 atom stereocenters. The first-order valence-corrected chi connectivity index (χ1v) is 6.53. The highest BCUT2D eigenvalue weighted by atomic mass is 32.1. The first-order chi connectivity index (χ1) is 8.24. The average Bonchev–Trinajstić information content (AvgIpc) is 3.17. The fraction of sp³-hybridized carbons (Fsp3) is 0.583. The number of aromatic nitrogens is 2. The van der Waals surface area contributed by atoms with Crippen LogP contribution in [0.25, 0.3) is 0 Å². The molecule has 2 saturated carbocycles. The SMILES string of the molecule is NC(=S)c1cnc(NC(C2CC2)C2CC2)cn1. The second-order valence-electron chi connectivity index (χ2n) is 5.00. The van der Waals surface area contributed by atoms with E-state index in [2.05, 4.69) is 15.3 Å². The zero-order chi connectivity index (χ0) is 11.8. The minimum absolute atomic E-state index is 0.296. The summed E-state index contributed by atoms with van der Waals surface area (Å²) in [6.45, 7) is 0. The molecule has 0 saturated heterocycles. The Labute approximate surface area is 106 Å². The monoisotopic (exact) mass is 248 g/mol. The van der Waals surface area contributed by atoms with Crippen molar-refractivity contribution in [3.05, 3.63) is 18.1 Å². The lowest BCUT2D eigenvalue weighted by Gasteiger charge is -2.17. The van der Waals surface area contributed by atoms with Crippen LogP contribution in [0.2, 0.25) is 0 Å². The van der Waals surface area contributed by atoms with Crippen molar-refractivity contribution in [2.45, 2.75) is 31.7 Å². The number of thiocarbonyl (C=S) groups is 1. The fourth-order valence-corrected chi connectivity index (χ4v) is 2.34. The predicted octanol–water partition coefficient (Wildman–Crippen LogP) is 1.71. The fourth-order valence-electron chi connectivity index (χ4n) is 2.23. The van der Waals surface area contributed by atoms with Crippen molar-refractivity contribution in [3.63, 3.8) is 0 Å². The van der Waals surface area contributed by atoms with E-state index in [9.17, 15) is 0 Å². The number of nitrogens with zero attached hydrogens (tertiary/aromatic N) is 2. The molecule has 2 aliphatic carbocycles. The third-order valence-corrected chi connectivity index (χ3v) is 3.69. The van der Waals surface area contributed by atoms with Crippen molar-refractivity contribution in [1.82, 2.24) is 9.97 Å². The summed E-state index contributed by atoms with van der Waals surface area (Å²) in [5.74, 6) is 2.54. The van der Waals surface area contributed by atoms with E-state index in [4.69, 9.17) is 18.0 Å². The van der Waals surface area contributed by atoms with Crippen molar-refractivity contribution >= 4 is 23.0 Å². The number of hydrogen-bond donors (Lipinski definition) is 2. The molecule has 90 valence electrons. The lowest BCUT2D eigenvalue weighted by molar-refractivity contribution is 0.565. The largest absolute Gasteiger partial charge is 0.388 e. The van der Waals surface area contributed by atoms with Gasteiger partial charge in [0.1, 0.15) is 16.5 Å². The minimum atomic E-state index is 0.296. The van der Waals surface area contributed by atoms with Crippen molar-refractivity contribution in [1.29, 1.82) is 0 Å². The lowest BCUT2D eigenvalue weighted by Crippen LogP contribution is -2.25. The van der Waals surface area contributed by atoms with E-state index in [0.29, 0.717) is 16.7 Å². The smallest absolute Gasteiger partial charge is 0.144 e. The molecule has 0 amide bonds. The lowest BCUT2D eigenvalue weighted by atomic mass is 10.1. The van der Waals surface area contributed by atoms with Gasteiger partial charge in [-0.3, -0.25) is 0 Å². The summed E-state index contributed by atoms with van der Waals surface area (Å²) in [7, 11) is 0. The summed E-state index contributed by atoms with van der Waals surface area (Å²) in [5, 5.41) is 3.51. The van der Waals surface area contributed by atoms with E-state index in [1.807, 2.05) is 0 Å². The van der Waals surface area contributed by atoms with Gasteiger partial charge in [0.15, 0.2) is 0 Å². The van der Waals surface area contributed by atoms with Crippen LogP contribution < -0.4 is 11.1 Å². The molecular weight excluding hydrogens is 232 g/mol. The van der Waals surface area contributed by atoms with Gasteiger partial charge in [-0.1, -0.05) is 12.2 Å². The van der Waals surface area contributed by atoms with Gasteiger partial charge in [0.2, 0.25) is 0 Å². The highest BCUT2D eigenvalue weighted by Gasteiger charge is 2.41.